The van der Waals surface area contributed by atoms with Gasteiger partial charge in [-0.1, -0.05) is 17.7 Å². The van der Waals surface area contributed by atoms with Gasteiger partial charge in [-0.15, -0.1) is 0 Å². The lowest BCUT2D eigenvalue weighted by Gasteiger charge is -2.07. The largest absolute Gasteiger partial charge is 0.320 e. The number of carbonyl (C=O) groups excluding carboxylic acids is 1. The van der Waals surface area contributed by atoms with Gasteiger partial charge in [0, 0.05) is 6.54 Å². The zero-order valence-electron chi connectivity index (χ0n) is 10.4. The fourth-order valence-electron chi connectivity index (χ4n) is 1.26. The van der Waals surface area contributed by atoms with Crippen molar-refractivity contribution in [2.75, 3.05) is 18.4 Å². The number of amides is 1. The molecule has 5 heteroatoms. The summed E-state index contributed by atoms with van der Waals surface area (Å²) in [6, 6.07) is 3.43. The molecule has 0 radical (unpaired) electrons. The molecule has 0 unspecified atom stereocenters. The smallest absolute Gasteiger partial charge is 0.238 e. The summed E-state index contributed by atoms with van der Waals surface area (Å²) in [5, 5.41) is 5.04. The van der Waals surface area contributed by atoms with Crippen molar-refractivity contribution in [1.82, 2.24) is 5.32 Å². The Morgan fingerprint density at radius 1 is 1.28 bits per heavy atom. The lowest BCUT2D eigenvalue weighted by molar-refractivity contribution is -0.115. The average molecular weight is 254 g/mol. The highest BCUT2D eigenvalue weighted by Crippen LogP contribution is 2.17. The van der Waals surface area contributed by atoms with Crippen molar-refractivity contribution in [1.29, 1.82) is 0 Å². The van der Waals surface area contributed by atoms with E-state index in [1.54, 1.807) is 0 Å². The van der Waals surface area contributed by atoms with Gasteiger partial charge in [-0.25, -0.2) is 8.78 Å². The number of rotatable bonds is 5. The number of allylic oxidation sites excluding steroid dienone is 1. The minimum atomic E-state index is -0.785. The molecule has 0 fully saturated rings. The predicted molar refractivity (Wildman–Crippen MR) is 67.3 cm³/mol. The topological polar surface area (TPSA) is 41.1 Å². The first-order valence-electron chi connectivity index (χ1n) is 5.58. The summed E-state index contributed by atoms with van der Waals surface area (Å²) in [5.74, 6) is -2.05. The van der Waals surface area contributed by atoms with Crippen LogP contribution in [0.3, 0.4) is 0 Å². The second-order valence-electron chi connectivity index (χ2n) is 4.06. The van der Waals surface area contributed by atoms with Gasteiger partial charge in [0.05, 0.1) is 6.54 Å². The van der Waals surface area contributed by atoms with Crippen molar-refractivity contribution in [2.45, 2.75) is 13.8 Å². The molecule has 0 aliphatic rings. The molecule has 18 heavy (non-hydrogen) atoms. The number of hydrogen-bond donors (Lipinski definition) is 2. The summed E-state index contributed by atoms with van der Waals surface area (Å²) in [6.07, 6.45) is 1.91. The lowest BCUT2D eigenvalue weighted by atomic mass is 10.3. The molecule has 98 valence electrons. The van der Waals surface area contributed by atoms with Crippen molar-refractivity contribution in [3.63, 3.8) is 0 Å². The van der Waals surface area contributed by atoms with Crippen LogP contribution in [0.2, 0.25) is 0 Å². The Morgan fingerprint density at radius 2 is 1.89 bits per heavy atom. The molecule has 1 aromatic carbocycles. The van der Waals surface area contributed by atoms with E-state index in [-0.39, 0.29) is 6.54 Å². The summed E-state index contributed by atoms with van der Waals surface area (Å²) in [7, 11) is 0. The van der Waals surface area contributed by atoms with E-state index in [0.29, 0.717) is 6.54 Å². The zero-order chi connectivity index (χ0) is 13.5. The molecule has 0 saturated carbocycles. The van der Waals surface area contributed by atoms with Crippen LogP contribution in [-0.4, -0.2) is 19.0 Å². The fraction of sp³-hybridized carbons (Fsp3) is 0.308. The Kier molecular flexibility index (Phi) is 5.45. The van der Waals surface area contributed by atoms with Crippen LogP contribution in [0, 0.1) is 11.6 Å². The van der Waals surface area contributed by atoms with E-state index in [2.05, 4.69) is 10.6 Å². The van der Waals surface area contributed by atoms with Gasteiger partial charge in [0.15, 0.2) is 0 Å². The number of hydrogen-bond acceptors (Lipinski definition) is 2. The zero-order valence-corrected chi connectivity index (χ0v) is 10.4. The van der Waals surface area contributed by atoms with E-state index < -0.39 is 23.2 Å². The van der Waals surface area contributed by atoms with Crippen LogP contribution in [0.25, 0.3) is 0 Å². The molecule has 0 spiro atoms. The molecule has 0 aliphatic carbocycles. The molecule has 1 aromatic rings. The maximum atomic E-state index is 13.2. The predicted octanol–water partition coefficient (Wildman–Crippen LogP) is 2.46. The molecule has 0 saturated heterocycles. The number of halogens is 2. The van der Waals surface area contributed by atoms with E-state index in [0.717, 1.165) is 17.7 Å². The van der Waals surface area contributed by atoms with E-state index >= 15 is 0 Å². The van der Waals surface area contributed by atoms with Gasteiger partial charge in [0.25, 0.3) is 0 Å². The standard InChI is InChI=1S/C13H16F2N2O/c1-9(2)6-7-16-8-12(18)17-13-10(14)4-3-5-11(13)15/h3-6,16H,7-8H2,1-2H3,(H,17,18). The summed E-state index contributed by atoms with van der Waals surface area (Å²) >= 11 is 0. The molecule has 0 heterocycles. The normalized spacial score (nSPS) is 10.0. The Hall–Kier alpha value is -1.75. The molecule has 0 aliphatic heterocycles. The van der Waals surface area contributed by atoms with Crippen molar-refractivity contribution in [2.24, 2.45) is 0 Å². The molecule has 1 rings (SSSR count). The minimum absolute atomic E-state index is 0.00243. The Morgan fingerprint density at radius 3 is 2.44 bits per heavy atom. The van der Waals surface area contributed by atoms with Gasteiger partial charge in [0.2, 0.25) is 5.91 Å². The highest BCUT2D eigenvalue weighted by atomic mass is 19.1. The molecule has 2 N–H and O–H groups in total. The highest BCUT2D eigenvalue weighted by molar-refractivity contribution is 5.92. The van der Waals surface area contributed by atoms with Crippen LogP contribution in [0.4, 0.5) is 14.5 Å². The van der Waals surface area contributed by atoms with Gasteiger partial charge in [-0.05, 0) is 26.0 Å². The van der Waals surface area contributed by atoms with Gasteiger partial charge >= 0.3 is 0 Å². The van der Waals surface area contributed by atoms with Crippen LogP contribution in [0.1, 0.15) is 13.8 Å². The first-order chi connectivity index (χ1) is 8.50. The Balaban J connectivity index is 2.48. The fourth-order valence-corrected chi connectivity index (χ4v) is 1.26. The number of para-hydroxylation sites is 1. The van der Waals surface area contributed by atoms with Crippen molar-refractivity contribution in [3.05, 3.63) is 41.5 Å². The Labute approximate surface area is 105 Å². The molecule has 0 bridgehead atoms. The molecular weight excluding hydrogens is 238 g/mol. The molecule has 3 nitrogen and oxygen atoms in total. The Bertz CT molecular complexity index is 434. The van der Waals surface area contributed by atoms with Crippen molar-refractivity contribution in [3.8, 4) is 0 Å². The molecule has 0 aromatic heterocycles. The average Bonchev–Trinajstić information content (AvgIpc) is 2.29. The van der Waals surface area contributed by atoms with Crippen molar-refractivity contribution < 1.29 is 13.6 Å². The summed E-state index contributed by atoms with van der Waals surface area (Å²) in [5.41, 5.74) is 0.717. The third kappa shape index (κ3) is 4.63. The van der Waals surface area contributed by atoms with Crippen LogP contribution in [0.15, 0.2) is 29.8 Å². The minimum Gasteiger partial charge on any atom is -0.320 e. The SMILES string of the molecule is CC(C)=CCNCC(=O)Nc1c(F)cccc1F. The van der Waals surface area contributed by atoms with Gasteiger partial charge in [-0.3, -0.25) is 4.79 Å². The first-order valence-corrected chi connectivity index (χ1v) is 5.58. The summed E-state index contributed by atoms with van der Waals surface area (Å²) in [4.78, 5) is 11.4. The quantitative estimate of drug-likeness (QED) is 0.626. The van der Waals surface area contributed by atoms with E-state index in [4.69, 9.17) is 0 Å². The molecular formula is C13H16F2N2O. The summed E-state index contributed by atoms with van der Waals surface area (Å²) < 4.78 is 26.4. The van der Waals surface area contributed by atoms with Crippen LogP contribution in [0.5, 0.6) is 0 Å². The highest BCUT2D eigenvalue weighted by Gasteiger charge is 2.10. The molecule has 1 amide bonds. The second kappa shape index (κ2) is 6.86. The number of anilines is 1. The monoisotopic (exact) mass is 254 g/mol. The number of benzene rings is 1. The summed E-state index contributed by atoms with van der Waals surface area (Å²) in [6.45, 7) is 4.42. The van der Waals surface area contributed by atoms with Crippen molar-refractivity contribution >= 4 is 11.6 Å². The number of carbonyl (C=O) groups is 1. The van der Waals surface area contributed by atoms with E-state index in [9.17, 15) is 13.6 Å². The third-order valence-electron chi connectivity index (χ3n) is 2.17. The van der Waals surface area contributed by atoms with Crippen LogP contribution >= 0.6 is 0 Å². The first kappa shape index (κ1) is 14.3. The lowest BCUT2D eigenvalue weighted by Crippen LogP contribution is -2.28. The van der Waals surface area contributed by atoms with Gasteiger partial charge < -0.3 is 10.6 Å². The maximum absolute atomic E-state index is 13.2. The van der Waals surface area contributed by atoms with Crippen LogP contribution in [-0.2, 0) is 4.79 Å². The van der Waals surface area contributed by atoms with E-state index in [1.165, 1.54) is 6.07 Å². The second-order valence-corrected chi connectivity index (χ2v) is 4.06. The van der Waals surface area contributed by atoms with Gasteiger partial charge in [-0.2, -0.15) is 0 Å². The molecule has 0 atom stereocenters. The van der Waals surface area contributed by atoms with Crippen LogP contribution < -0.4 is 10.6 Å². The third-order valence-corrected chi connectivity index (χ3v) is 2.17. The van der Waals surface area contributed by atoms with E-state index in [1.807, 2.05) is 19.9 Å². The van der Waals surface area contributed by atoms with Gasteiger partial charge in [0.1, 0.15) is 17.3 Å². The number of nitrogens with one attached hydrogen (secondary N) is 2. The maximum Gasteiger partial charge on any atom is 0.238 e.